The van der Waals surface area contributed by atoms with Crippen molar-refractivity contribution in [2.75, 3.05) is 13.7 Å². The standard InChI is InChI=1S/C12H14N2O3/c1-16-12(15)10-4-2-3-9(5-10)7-17-8-11(14)6-13/h2-5,11H,7-8,14H2,1H3. The Hall–Kier alpha value is -1.90. The van der Waals surface area contributed by atoms with Crippen molar-refractivity contribution in [2.45, 2.75) is 12.6 Å². The van der Waals surface area contributed by atoms with Crippen LogP contribution in [-0.4, -0.2) is 25.7 Å². The molecule has 0 aromatic heterocycles. The molecule has 0 radical (unpaired) electrons. The zero-order valence-electron chi connectivity index (χ0n) is 9.55. The number of rotatable bonds is 5. The first-order valence-electron chi connectivity index (χ1n) is 5.07. The zero-order valence-corrected chi connectivity index (χ0v) is 9.55. The summed E-state index contributed by atoms with van der Waals surface area (Å²) in [6.45, 7) is 0.471. The fourth-order valence-corrected chi connectivity index (χ4v) is 1.25. The summed E-state index contributed by atoms with van der Waals surface area (Å²) in [6.07, 6.45) is 0. The molecule has 1 atom stereocenters. The van der Waals surface area contributed by atoms with Crippen LogP contribution in [0.5, 0.6) is 0 Å². The lowest BCUT2D eigenvalue weighted by atomic mass is 10.1. The highest BCUT2D eigenvalue weighted by atomic mass is 16.5. The number of carbonyl (C=O) groups is 1. The van der Waals surface area contributed by atoms with Crippen molar-refractivity contribution in [1.82, 2.24) is 0 Å². The van der Waals surface area contributed by atoms with E-state index in [4.69, 9.17) is 15.7 Å². The zero-order chi connectivity index (χ0) is 12.7. The van der Waals surface area contributed by atoms with Gasteiger partial charge in [0.15, 0.2) is 0 Å². The molecule has 1 aromatic carbocycles. The van der Waals surface area contributed by atoms with Gasteiger partial charge in [0.05, 0.1) is 32.0 Å². The minimum absolute atomic E-state index is 0.166. The summed E-state index contributed by atoms with van der Waals surface area (Å²) in [5, 5.41) is 8.46. The molecule has 1 unspecified atom stereocenters. The van der Waals surface area contributed by atoms with Gasteiger partial charge in [0.1, 0.15) is 6.04 Å². The first kappa shape index (κ1) is 13.2. The molecule has 17 heavy (non-hydrogen) atoms. The molecule has 0 aliphatic rings. The van der Waals surface area contributed by atoms with E-state index in [1.54, 1.807) is 18.2 Å². The van der Waals surface area contributed by atoms with Gasteiger partial charge in [-0.3, -0.25) is 0 Å². The third-order valence-corrected chi connectivity index (χ3v) is 2.08. The van der Waals surface area contributed by atoms with E-state index in [2.05, 4.69) is 4.74 Å². The summed E-state index contributed by atoms with van der Waals surface area (Å²) in [7, 11) is 1.33. The predicted molar refractivity (Wildman–Crippen MR) is 61.0 cm³/mol. The Morgan fingerprint density at radius 3 is 3.00 bits per heavy atom. The first-order chi connectivity index (χ1) is 8.17. The van der Waals surface area contributed by atoms with Crippen LogP contribution in [0.2, 0.25) is 0 Å². The third kappa shape index (κ3) is 4.23. The van der Waals surface area contributed by atoms with Gasteiger partial charge in [-0.2, -0.15) is 5.26 Å². The number of nitriles is 1. The molecule has 1 rings (SSSR count). The monoisotopic (exact) mass is 234 g/mol. The Morgan fingerprint density at radius 1 is 1.59 bits per heavy atom. The van der Waals surface area contributed by atoms with Crippen molar-refractivity contribution >= 4 is 5.97 Å². The second-order valence-corrected chi connectivity index (χ2v) is 3.44. The maximum Gasteiger partial charge on any atom is 0.337 e. The summed E-state index contributed by atoms with van der Waals surface area (Å²) in [6, 6.07) is 8.16. The molecule has 0 amide bonds. The molecule has 5 heteroatoms. The van der Waals surface area contributed by atoms with E-state index in [-0.39, 0.29) is 12.6 Å². The van der Waals surface area contributed by atoms with E-state index >= 15 is 0 Å². The summed E-state index contributed by atoms with van der Waals surface area (Å²) in [4.78, 5) is 11.3. The van der Waals surface area contributed by atoms with Crippen molar-refractivity contribution in [1.29, 1.82) is 5.26 Å². The lowest BCUT2D eigenvalue weighted by Crippen LogP contribution is -2.23. The Kier molecular flexibility index (Phi) is 5.14. The number of methoxy groups -OCH3 is 1. The van der Waals surface area contributed by atoms with E-state index in [0.717, 1.165) is 5.56 Å². The maximum atomic E-state index is 11.3. The largest absolute Gasteiger partial charge is 0.465 e. The van der Waals surface area contributed by atoms with Crippen LogP contribution in [-0.2, 0) is 16.1 Å². The number of ether oxygens (including phenoxy) is 2. The van der Waals surface area contributed by atoms with Crippen molar-refractivity contribution in [2.24, 2.45) is 5.73 Å². The predicted octanol–water partition coefficient (Wildman–Crippen LogP) is 0.841. The molecular weight excluding hydrogens is 220 g/mol. The van der Waals surface area contributed by atoms with E-state index in [0.29, 0.717) is 12.2 Å². The Bertz CT molecular complexity index is 426. The first-order valence-corrected chi connectivity index (χ1v) is 5.07. The Balaban J connectivity index is 2.55. The van der Waals surface area contributed by atoms with Crippen LogP contribution < -0.4 is 5.73 Å². The minimum atomic E-state index is -0.626. The number of benzene rings is 1. The van der Waals surface area contributed by atoms with E-state index in [1.807, 2.05) is 12.1 Å². The number of carbonyl (C=O) groups excluding carboxylic acids is 1. The normalized spacial score (nSPS) is 11.6. The van der Waals surface area contributed by atoms with Crippen molar-refractivity contribution in [3.8, 4) is 6.07 Å². The number of nitrogens with two attached hydrogens (primary N) is 1. The van der Waals surface area contributed by atoms with E-state index < -0.39 is 6.04 Å². The molecule has 2 N–H and O–H groups in total. The van der Waals surface area contributed by atoms with Gasteiger partial charge >= 0.3 is 5.97 Å². The number of hydrogen-bond acceptors (Lipinski definition) is 5. The van der Waals surface area contributed by atoms with Crippen LogP contribution >= 0.6 is 0 Å². The van der Waals surface area contributed by atoms with Crippen LogP contribution in [0.15, 0.2) is 24.3 Å². The molecule has 5 nitrogen and oxygen atoms in total. The average molecular weight is 234 g/mol. The molecular formula is C12H14N2O3. The van der Waals surface area contributed by atoms with Gasteiger partial charge in [-0.15, -0.1) is 0 Å². The summed E-state index contributed by atoms with van der Waals surface area (Å²) >= 11 is 0. The van der Waals surface area contributed by atoms with E-state index in [1.165, 1.54) is 7.11 Å². The topological polar surface area (TPSA) is 85.3 Å². The number of esters is 1. The van der Waals surface area contributed by atoms with Gasteiger partial charge in [-0.1, -0.05) is 12.1 Å². The SMILES string of the molecule is COC(=O)c1cccc(COCC(N)C#N)c1. The average Bonchev–Trinajstić information content (AvgIpc) is 2.38. The second kappa shape index (κ2) is 6.63. The number of nitrogens with zero attached hydrogens (tertiary/aromatic N) is 1. The summed E-state index contributed by atoms with van der Waals surface area (Å²) in [5.41, 5.74) is 6.68. The van der Waals surface area contributed by atoms with Crippen molar-refractivity contribution in [3.63, 3.8) is 0 Å². The van der Waals surface area contributed by atoms with Gasteiger partial charge < -0.3 is 15.2 Å². The highest BCUT2D eigenvalue weighted by molar-refractivity contribution is 5.89. The van der Waals surface area contributed by atoms with Crippen LogP contribution in [0.25, 0.3) is 0 Å². The molecule has 0 saturated carbocycles. The smallest absolute Gasteiger partial charge is 0.337 e. The third-order valence-electron chi connectivity index (χ3n) is 2.08. The minimum Gasteiger partial charge on any atom is -0.465 e. The van der Waals surface area contributed by atoms with Crippen LogP contribution in [0, 0.1) is 11.3 Å². The lowest BCUT2D eigenvalue weighted by molar-refractivity contribution is 0.0600. The summed E-state index contributed by atoms with van der Waals surface area (Å²) in [5.74, 6) is -0.388. The van der Waals surface area contributed by atoms with Gasteiger partial charge in [0.25, 0.3) is 0 Å². The van der Waals surface area contributed by atoms with Crippen LogP contribution in [0.1, 0.15) is 15.9 Å². The Labute approximate surface area is 99.7 Å². The summed E-state index contributed by atoms with van der Waals surface area (Å²) < 4.78 is 9.85. The molecule has 0 bridgehead atoms. The van der Waals surface area contributed by atoms with Gasteiger partial charge in [0, 0.05) is 0 Å². The number of hydrogen-bond donors (Lipinski definition) is 1. The fourth-order valence-electron chi connectivity index (χ4n) is 1.25. The van der Waals surface area contributed by atoms with Gasteiger partial charge in [-0.25, -0.2) is 4.79 Å². The van der Waals surface area contributed by atoms with Gasteiger partial charge in [0.2, 0.25) is 0 Å². The molecule has 0 spiro atoms. The maximum absolute atomic E-state index is 11.3. The lowest BCUT2D eigenvalue weighted by Gasteiger charge is -2.06. The molecule has 1 aromatic rings. The second-order valence-electron chi connectivity index (χ2n) is 3.44. The molecule has 0 fully saturated rings. The highest BCUT2D eigenvalue weighted by Crippen LogP contribution is 2.07. The van der Waals surface area contributed by atoms with Crippen molar-refractivity contribution in [3.05, 3.63) is 35.4 Å². The fraction of sp³-hybridized carbons (Fsp3) is 0.333. The Morgan fingerprint density at radius 2 is 2.35 bits per heavy atom. The van der Waals surface area contributed by atoms with Crippen LogP contribution in [0.4, 0.5) is 0 Å². The quantitative estimate of drug-likeness (QED) is 0.763. The molecule has 0 aliphatic carbocycles. The molecule has 0 aliphatic heterocycles. The van der Waals surface area contributed by atoms with Crippen molar-refractivity contribution < 1.29 is 14.3 Å². The molecule has 0 heterocycles. The van der Waals surface area contributed by atoms with Crippen LogP contribution in [0.3, 0.4) is 0 Å². The van der Waals surface area contributed by atoms with E-state index in [9.17, 15) is 4.79 Å². The molecule has 90 valence electrons. The molecule has 0 saturated heterocycles. The highest BCUT2D eigenvalue weighted by Gasteiger charge is 2.06. The van der Waals surface area contributed by atoms with Gasteiger partial charge in [-0.05, 0) is 17.7 Å².